The molecule has 6 nitrogen and oxygen atoms in total. The summed E-state index contributed by atoms with van der Waals surface area (Å²) in [5.74, 6) is 0.343. The van der Waals surface area contributed by atoms with Crippen molar-refractivity contribution in [1.29, 1.82) is 0 Å². The van der Waals surface area contributed by atoms with Crippen molar-refractivity contribution in [3.8, 4) is 5.75 Å². The Bertz CT molecular complexity index is 464. The van der Waals surface area contributed by atoms with Crippen LogP contribution in [0.15, 0.2) is 47.3 Å². The number of aromatic nitrogens is 2. The van der Waals surface area contributed by atoms with Gasteiger partial charge in [-0.1, -0.05) is 18.2 Å². The summed E-state index contributed by atoms with van der Waals surface area (Å²) in [6.07, 6.45) is 3.89. The van der Waals surface area contributed by atoms with Crippen molar-refractivity contribution in [2.45, 2.75) is 0 Å². The fraction of sp³-hybridized carbons (Fsp3) is 0.111. The van der Waals surface area contributed by atoms with Crippen molar-refractivity contribution < 1.29 is 17.1 Å². The smallest absolute Gasteiger partial charge is 0.306 e. The Balaban J connectivity index is 0.000000212. The molecule has 0 unspecified atom stereocenters. The van der Waals surface area contributed by atoms with Crippen LogP contribution in [0.4, 0.5) is 0 Å². The third-order valence-electron chi connectivity index (χ3n) is 1.27. The van der Waals surface area contributed by atoms with E-state index in [9.17, 15) is 8.42 Å². The van der Waals surface area contributed by atoms with Crippen LogP contribution >= 0.6 is 0 Å². The summed E-state index contributed by atoms with van der Waals surface area (Å²) in [6.45, 7) is 0. The van der Waals surface area contributed by atoms with Crippen molar-refractivity contribution >= 4 is 10.1 Å². The molecule has 0 N–H and O–H groups in total. The molecule has 0 fully saturated rings. The molecule has 1 aromatic carbocycles. The molecule has 0 aliphatic heterocycles. The molecule has 0 atom stereocenters. The lowest BCUT2D eigenvalue weighted by atomic mass is 10.3. The number of rotatable bonds is 2. The van der Waals surface area contributed by atoms with E-state index in [4.69, 9.17) is 0 Å². The Labute approximate surface area is 93.0 Å². The molecule has 0 aliphatic carbocycles. The molecule has 7 heteroatoms. The van der Waals surface area contributed by atoms with Crippen molar-refractivity contribution in [3.05, 3.63) is 42.8 Å². The number of nitrogens with zero attached hydrogens (tertiary/aromatic N) is 2. The van der Waals surface area contributed by atoms with Gasteiger partial charge < -0.3 is 8.71 Å². The van der Waals surface area contributed by atoms with Gasteiger partial charge in [0.25, 0.3) is 0 Å². The predicted octanol–water partition coefficient (Wildman–Crippen LogP) is 1.09. The van der Waals surface area contributed by atoms with Crippen LogP contribution in [-0.2, 0) is 10.1 Å². The van der Waals surface area contributed by atoms with E-state index in [-0.39, 0.29) is 0 Å². The lowest BCUT2D eigenvalue weighted by Gasteiger charge is -1.99. The number of hydrogen-bond acceptors (Lipinski definition) is 6. The topological polar surface area (TPSA) is 82.3 Å². The van der Waals surface area contributed by atoms with Crippen molar-refractivity contribution in [1.82, 2.24) is 10.4 Å². The highest BCUT2D eigenvalue weighted by Crippen LogP contribution is 2.09. The molecule has 0 radical (unpaired) electrons. The van der Waals surface area contributed by atoms with E-state index in [0.717, 1.165) is 6.26 Å². The highest BCUT2D eigenvalue weighted by Gasteiger charge is 2.01. The molecule has 1 aromatic heterocycles. The normalized spacial score (nSPS) is 10.1. The van der Waals surface area contributed by atoms with Gasteiger partial charge in [-0.15, -0.1) is 5.10 Å². The summed E-state index contributed by atoms with van der Waals surface area (Å²) in [6, 6.07) is 8.37. The monoisotopic (exact) mass is 242 g/mol. The summed E-state index contributed by atoms with van der Waals surface area (Å²) in [7, 11) is -3.38. The van der Waals surface area contributed by atoms with E-state index in [1.807, 2.05) is 0 Å². The van der Waals surface area contributed by atoms with E-state index < -0.39 is 10.1 Å². The average molecular weight is 242 g/mol. The number of hydrogen-bond donors (Lipinski definition) is 0. The fourth-order valence-corrected chi connectivity index (χ4v) is 1.25. The fourth-order valence-electron chi connectivity index (χ4n) is 0.787. The molecule has 2 aromatic rings. The average Bonchev–Trinajstić information content (AvgIpc) is 2.74. The van der Waals surface area contributed by atoms with Gasteiger partial charge in [-0.3, -0.25) is 0 Å². The van der Waals surface area contributed by atoms with Gasteiger partial charge in [0, 0.05) is 5.27 Å². The molecule has 0 bridgehead atoms. The Kier molecular flexibility index (Phi) is 4.46. The van der Waals surface area contributed by atoms with Gasteiger partial charge in [-0.05, 0) is 12.1 Å². The maximum absolute atomic E-state index is 10.6. The molecule has 0 saturated heterocycles. The molecule has 0 saturated carbocycles. The summed E-state index contributed by atoms with van der Waals surface area (Å²) in [4.78, 5) is 0. The zero-order chi connectivity index (χ0) is 11.9. The van der Waals surface area contributed by atoms with Crippen LogP contribution in [0.5, 0.6) is 5.75 Å². The number of benzene rings is 1. The quantitative estimate of drug-likeness (QED) is 0.733. The van der Waals surface area contributed by atoms with E-state index in [1.165, 1.54) is 12.5 Å². The minimum Gasteiger partial charge on any atom is -0.383 e. The van der Waals surface area contributed by atoms with Gasteiger partial charge in [-0.25, -0.2) is 0 Å². The Hall–Kier alpha value is -1.89. The van der Waals surface area contributed by atoms with Crippen LogP contribution < -0.4 is 4.18 Å². The van der Waals surface area contributed by atoms with Crippen LogP contribution in [0.25, 0.3) is 0 Å². The zero-order valence-electron chi connectivity index (χ0n) is 8.48. The van der Waals surface area contributed by atoms with Gasteiger partial charge in [0.2, 0.25) is 0 Å². The molecule has 0 amide bonds. The molecule has 1 heterocycles. The second kappa shape index (κ2) is 5.86. The predicted molar refractivity (Wildman–Crippen MR) is 56.2 cm³/mol. The third kappa shape index (κ3) is 5.76. The second-order valence-electron chi connectivity index (χ2n) is 2.69. The molecule has 86 valence electrons. The maximum atomic E-state index is 10.6. The molecule has 2 rings (SSSR count). The van der Waals surface area contributed by atoms with Crippen LogP contribution in [0.3, 0.4) is 0 Å². The van der Waals surface area contributed by atoms with E-state index in [1.54, 1.807) is 30.3 Å². The summed E-state index contributed by atoms with van der Waals surface area (Å²) >= 11 is 0. The number of para-hydroxylation sites is 1. The van der Waals surface area contributed by atoms with Crippen LogP contribution in [-0.4, -0.2) is 25.0 Å². The van der Waals surface area contributed by atoms with E-state index in [0.29, 0.717) is 5.75 Å². The highest BCUT2D eigenvalue weighted by atomic mass is 32.2. The minimum absolute atomic E-state index is 0.343. The van der Waals surface area contributed by atoms with Gasteiger partial charge in [0.1, 0.15) is 12.0 Å². The summed E-state index contributed by atoms with van der Waals surface area (Å²) in [5.41, 5.74) is 0. The molecule has 0 aliphatic rings. The van der Waals surface area contributed by atoms with Crippen LogP contribution in [0.2, 0.25) is 0 Å². The third-order valence-corrected chi connectivity index (χ3v) is 1.77. The second-order valence-corrected chi connectivity index (χ2v) is 4.26. The van der Waals surface area contributed by atoms with Gasteiger partial charge >= 0.3 is 10.1 Å². The van der Waals surface area contributed by atoms with Crippen molar-refractivity contribution in [2.24, 2.45) is 0 Å². The SMILES string of the molecule is CS(=O)(=O)Oc1ccccc1.c1conn1. The van der Waals surface area contributed by atoms with Crippen LogP contribution in [0, 0.1) is 0 Å². The van der Waals surface area contributed by atoms with Crippen LogP contribution in [0.1, 0.15) is 0 Å². The van der Waals surface area contributed by atoms with Gasteiger partial charge in [0.15, 0.2) is 0 Å². The Morgan fingerprint density at radius 3 is 2.31 bits per heavy atom. The maximum Gasteiger partial charge on any atom is 0.306 e. The standard InChI is InChI=1S/C7H8O3S.C2H2N2O/c1-11(8,9)10-7-5-3-2-4-6-7;1-2-5-4-3-1/h2-6H,1H3;1-2H. The molecular weight excluding hydrogens is 232 g/mol. The Morgan fingerprint density at radius 2 is 1.94 bits per heavy atom. The van der Waals surface area contributed by atoms with Crippen molar-refractivity contribution in [3.63, 3.8) is 0 Å². The summed E-state index contributed by atoms with van der Waals surface area (Å²) < 4.78 is 30.0. The highest BCUT2D eigenvalue weighted by molar-refractivity contribution is 7.86. The first-order chi connectivity index (χ1) is 7.58. The lowest BCUT2D eigenvalue weighted by molar-refractivity contribution is 0.393. The molecular formula is C9H10N2O4S. The van der Waals surface area contributed by atoms with Gasteiger partial charge in [-0.2, -0.15) is 8.42 Å². The first-order valence-corrected chi connectivity index (χ1v) is 6.05. The first-order valence-electron chi connectivity index (χ1n) is 4.23. The van der Waals surface area contributed by atoms with Gasteiger partial charge in [0.05, 0.1) is 12.5 Å². The summed E-state index contributed by atoms with van der Waals surface area (Å²) in [5, 5.41) is 6.40. The largest absolute Gasteiger partial charge is 0.383 e. The Morgan fingerprint density at radius 1 is 1.25 bits per heavy atom. The lowest BCUT2D eigenvalue weighted by Crippen LogP contribution is -2.05. The minimum atomic E-state index is -3.38. The molecule has 16 heavy (non-hydrogen) atoms. The molecule has 0 spiro atoms. The first kappa shape index (κ1) is 12.2. The van der Waals surface area contributed by atoms with E-state index >= 15 is 0 Å². The van der Waals surface area contributed by atoms with E-state index in [2.05, 4.69) is 19.1 Å². The zero-order valence-corrected chi connectivity index (χ0v) is 9.29. The van der Waals surface area contributed by atoms with Crippen molar-refractivity contribution in [2.75, 3.05) is 6.26 Å².